The van der Waals surface area contributed by atoms with Crippen LogP contribution in [0, 0.1) is 10.1 Å². The molecular formula is C19H20N2O6. The van der Waals surface area contributed by atoms with Crippen LogP contribution < -0.4 is 10.1 Å². The van der Waals surface area contributed by atoms with Crippen molar-refractivity contribution in [2.75, 3.05) is 11.9 Å². The monoisotopic (exact) mass is 372 g/mol. The Labute approximate surface area is 156 Å². The maximum atomic E-state index is 12.3. The van der Waals surface area contributed by atoms with Crippen molar-refractivity contribution in [1.82, 2.24) is 0 Å². The van der Waals surface area contributed by atoms with Crippen LogP contribution in [-0.4, -0.2) is 29.5 Å². The molecule has 2 aromatic carbocycles. The molecule has 1 amide bonds. The van der Waals surface area contributed by atoms with Crippen LogP contribution in [0.2, 0.25) is 0 Å². The lowest BCUT2D eigenvalue weighted by Gasteiger charge is -2.15. The molecule has 0 aliphatic heterocycles. The van der Waals surface area contributed by atoms with Gasteiger partial charge in [-0.1, -0.05) is 19.1 Å². The van der Waals surface area contributed by atoms with Gasteiger partial charge in [-0.2, -0.15) is 0 Å². The average molecular weight is 372 g/mol. The van der Waals surface area contributed by atoms with Crippen LogP contribution in [0.1, 0.15) is 30.6 Å². The molecule has 0 aliphatic rings. The molecule has 142 valence electrons. The van der Waals surface area contributed by atoms with Crippen molar-refractivity contribution < 1.29 is 24.0 Å². The summed E-state index contributed by atoms with van der Waals surface area (Å²) in [6.07, 6.45) is -0.225. The molecule has 1 N–H and O–H groups in total. The molecule has 0 aromatic heterocycles. The Hall–Kier alpha value is -3.42. The second kappa shape index (κ2) is 9.33. The standard InChI is InChI=1S/C19H20N2O6/c1-3-12-26-19(23)14-8-10-15(11-9-14)20-18(22)13(2)27-17-7-5-4-6-16(17)21(24)25/h4-11,13H,3,12H2,1-2H3,(H,20,22)/t13-/m0/s1. The molecular weight excluding hydrogens is 352 g/mol. The Morgan fingerprint density at radius 3 is 2.44 bits per heavy atom. The molecule has 0 unspecified atom stereocenters. The van der Waals surface area contributed by atoms with E-state index in [0.29, 0.717) is 17.9 Å². The Morgan fingerprint density at radius 2 is 1.81 bits per heavy atom. The van der Waals surface area contributed by atoms with Gasteiger partial charge in [0.05, 0.1) is 17.1 Å². The van der Waals surface area contributed by atoms with Gasteiger partial charge >= 0.3 is 11.7 Å². The van der Waals surface area contributed by atoms with Crippen molar-refractivity contribution in [2.45, 2.75) is 26.4 Å². The first-order chi connectivity index (χ1) is 12.9. The highest BCUT2D eigenvalue weighted by atomic mass is 16.6. The number of para-hydroxylation sites is 2. The first-order valence-electron chi connectivity index (χ1n) is 8.40. The molecule has 27 heavy (non-hydrogen) atoms. The number of benzene rings is 2. The number of amides is 1. The maximum absolute atomic E-state index is 12.3. The van der Waals surface area contributed by atoms with Gasteiger partial charge in [-0.15, -0.1) is 0 Å². The highest BCUT2D eigenvalue weighted by Crippen LogP contribution is 2.27. The molecule has 0 bridgehead atoms. The SMILES string of the molecule is CCCOC(=O)c1ccc(NC(=O)[C@H](C)Oc2ccccc2[N+](=O)[O-])cc1. The van der Waals surface area contributed by atoms with Gasteiger partial charge in [0.25, 0.3) is 5.91 Å². The second-order valence-corrected chi connectivity index (χ2v) is 5.69. The van der Waals surface area contributed by atoms with Crippen molar-refractivity contribution in [3.8, 4) is 5.75 Å². The summed E-state index contributed by atoms with van der Waals surface area (Å²) in [4.78, 5) is 34.4. The van der Waals surface area contributed by atoms with Gasteiger partial charge in [-0.05, 0) is 43.7 Å². The third kappa shape index (κ3) is 5.53. The van der Waals surface area contributed by atoms with Crippen LogP contribution in [0.3, 0.4) is 0 Å². The molecule has 0 radical (unpaired) electrons. The summed E-state index contributed by atoms with van der Waals surface area (Å²) >= 11 is 0. The number of carbonyl (C=O) groups is 2. The van der Waals surface area contributed by atoms with Crippen LogP contribution in [-0.2, 0) is 9.53 Å². The molecule has 0 heterocycles. The highest BCUT2D eigenvalue weighted by molar-refractivity contribution is 5.95. The zero-order valence-corrected chi connectivity index (χ0v) is 15.0. The predicted octanol–water partition coefficient (Wildman–Crippen LogP) is 3.57. The third-order valence-corrected chi connectivity index (χ3v) is 3.56. The number of carbonyl (C=O) groups excluding carboxylic acids is 2. The minimum absolute atomic E-state index is 0.0131. The van der Waals surface area contributed by atoms with Gasteiger partial charge in [-0.3, -0.25) is 14.9 Å². The van der Waals surface area contributed by atoms with Gasteiger partial charge in [0, 0.05) is 11.8 Å². The van der Waals surface area contributed by atoms with Crippen molar-refractivity contribution in [1.29, 1.82) is 0 Å². The lowest BCUT2D eigenvalue weighted by molar-refractivity contribution is -0.386. The largest absolute Gasteiger partial charge is 0.474 e. The van der Waals surface area contributed by atoms with Crippen molar-refractivity contribution >= 4 is 23.3 Å². The van der Waals surface area contributed by atoms with Gasteiger partial charge < -0.3 is 14.8 Å². The Balaban J connectivity index is 1.98. The topological polar surface area (TPSA) is 108 Å². The molecule has 0 spiro atoms. The Bertz CT molecular complexity index is 819. The van der Waals surface area contributed by atoms with E-state index in [9.17, 15) is 19.7 Å². The summed E-state index contributed by atoms with van der Waals surface area (Å²) in [5.74, 6) is -0.892. The van der Waals surface area contributed by atoms with Gasteiger partial charge in [0.2, 0.25) is 0 Å². The Kier molecular flexibility index (Phi) is 6.87. The molecule has 0 aliphatic carbocycles. The molecule has 2 rings (SSSR count). The van der Waals surface area contributed by atoms with Crippen LogP contribution in [0.15, 0.2) is 48.5 Å². The average Bonchev–Trinajstić information content (AvgIpc) is 2.66. The van der Waals surface area contributed by atoms with E-state index in [1.165, 1.54) is 25.1 Å². The zero-order valence-electron chi connectivity index (χ0n) is 15.0. The van der Waals surface area contributed by atoms with Crippen molar-refractivity contribution in [3.63, 3.8) is 0 Å². The summed E-state index contributed by atoms with van der Waals surface area (Å²) in [5.41, 5.74) is 0.628. The number of esters is 1. The summed E-state index contributed by atoms with van der Waals surface area (Å²) in [6, 6.07) is 12.1. The first kappa shape index (κ1) is 19.9. The van der Waals surface area contributed by atoms with Crippen LogP contribution in [0.25, 0.3) is 0 Å². The summed E-state index contributed by atoms with van der Waals surface area (Å²) < 4.78 is 10.5. The second-order valence-electron chi connectivity index (χ2n) is 5.69. The summed E-state index contributed by atoms with van der Waals surface area (Å²) in [5, 5.41) is 13.6. The molecule has 8 nitrogen and oxygen atoms in total. The Morgan fingerprint density at radius 1 is 1.15 bits per heavy atom. The van der Waals surface area contributed by atoms with Crippen molar-refractivity contribution in [2.24, 2.45) is 0 Å². The molecule has 0 fully saturated rings. The lowest BCUT2D eigenvalue weighted by Crippen LogP contribution is -2.30. The molecule has 0 saturated carbocycles. The molecule has 2 aromatic rings. The van der Waals surface area contributed by atoms with E-state index in [-0.39, 0.29) is 11.4 Å². The van der Waals surface area contributed by atoms with Gasteiger partial charge in [0.1, 0.15) is 0 Å². The number of hydrogen-bond donors (Lipinski definition) is 1. The summed E-state index contributed by atoms with van der Waals surface area (Å²) in [6.45, 7) is 3.74. The molecule has 0 saturated heterocycles. The van der Waals surface area contributed by atoms with Crippen LogP contribution in [0.5, 0.6) is 5.75 Å². The lowest BCUT2D eigenvalue weighted by atomic mass is 10.2. The zero-order chi connectivity index (χ0) is 19.8. The minimum atomic E-state index is -0.958. The van der Waals surface area contributed by atoms with Crippen LogP contribution >= 0.6 is 0 Å². The van der Waals surface area contributed by atoms with Crippen LogP contribution in [0.4, 0.5) is 11.4 Å². The number of nitrogens with zero attached hydrogens (tertiary/aromatic N) is 1. The van der Waals surface area contributed by atoms with Gasteiger partial charge in [-0.25, -0.2) is 4.79 Å². The molecule has 8 heteroatoms. The number of rotatable bonds is 8. The number of nitrogens with one attached hydrogen (secondary N) is 1. The van der Waals surface area contributed by atoms with E-state index in [1.54, 1.807) is 30.3 Å². The van der Waals surface area contributed by atoms with E-state index in [2.05, 4.69) is 5.32 Å². The number of ether oxygens (including phenoxy) is 2. The molecule has 1 atom stereocenters. The van der Waals surface area contributed by atoms with E-state index in [1.807, 2.05) is 6.92 Å². The van der Waals surface area contributed by atoms with E-state index in [0.717, 1.165) is 6.42 Å². The van der Waals surface area contributed by atoms with E-state index < -0.39 is 22.9 Å². The smallest absolute Gasteiger partial charge is 0.338 e. The fourth-order valence-electron chi connectivity index (χ4n) is 2.16. The quantitative estimate of drug-likeness (QED) is 0.431. The maximum Gasteiger partial charge on any atom is 0.338 e. The van der Waals surface area contributed by atoms with E-state index >= 15 is 0 Å². The number of hydrogen-bond acceptors (Lipinski definition) is 6. The summed E-state index contributed by atoms with van der Waals surface area (Å²) in [7, 11) is 0. The number of nitro benzene ring substituents is 1. The highest BCUT2D eigenvalue weighted by Gasteiger charge is 2.20. The van der Waals surface area contributed by atoms with Gasteiger partial charge in [0.15, 0.2) is 11.9 Å². The third-order valence-electron chi connectivity index (χ3n) is 3.56. The number of nitro groups is 1. The fraction of sp³-hybridized carbons (Fsp3) is 0.263. The number of anilines is 1. The first-order valence-corrected chi connectivity index (χ1v) is 8.40. The fourth-order valence-corrected chi connectivity index (χ4v) is 2.16. The minimum Gasteiger partial charge on any atom is -0.474 e. The van der Waals surface area contributed by atoms with Crippen molar-refractivity contribution in [3.05, 3.63) is 64.2 Å². The van der Waals surface area contributed by atoms with E-state index in [4.69, 9.17) is 9.47 Å². The normalized spacial score (nSPS) is 11.3. The predicted molar refractivity (Wildman–Crippen MR) is 98.8 cm³/mol.